The van der Waals surface area contributed by atoms with Crippen LogP contribution in [-0.4, -0.2) is 12.2 Å². The maximum atomic E-state index is 10.4. The summed E-state index contributed by atoms with van der Waals surface area (Å²) >= 11 is 0. The molecule has 80 valence electrons. The second-order valence-corrected chi connectivity index (χ2v) is 3.95. The summed E-state index contributed by atoms with van der Waals surface area (Å²) in [4.78, 5) is 0. The fourth-order valence-electron chi connectivity index (χ4n) is 1.98. The number of rotatable bonds is 2. The molecular formula is C13H16O2. The number of methoxy groups -OCH3 is 1. The second-order valence-electron chi connectivity index (χ2n) is 3.95. The van der Waals surface area contributed by atoms with E-state index in [0.717, 1.165) is 30.6 Å². The van der Waals surface area contributed by atoms with Crippen LogP contribution >= 0.6 is 0 Å². The molecule has 1 N–H and O–H groups in total. The molecule has 1 unspecified atom stereocenters. The van der Waals surface area contributed by atoms with Gasteiger partial charge in [-0.25, -0.2) is 0 Å². The highest BCUT2D eigenvalue weighted by molar-refractivity contribution is 5.35. The lowest BCUT2D eigenvalue weighted by atomic mass is 9.85. The first kappa shape index (κ1) is 10.2. The molecule has 0 saturated heterocycles. The first-order valence-electron chi connectivity index (χ1n) is 5.29. The zero-order valence-electron chi connectivity index (χ0n) is 8.94. The lowest BCUT2D eigenvalue weighted by molar-refractivity contribution is 0.0724. The van der Waals surface area contributed by atoms with Crippen molar-refractivity contribution in [2.24, 2.45) is 0 Å². The fourth-order valence-corrected chi connectivity index (χ4v) is 1.98. The van der Waals surface area contributed by atoms with Gasteiger partial charge < -0.3 is 9.84 Å². The van der Waals surface area contributed by atoms with Crippen LogP contribution in [0.15, 0.2) is 36.4 Å². The van der Waals surface area contributed by atoms with Gasteiger partial charge in [-0.2, -0.15) is 0 Å². The molecule has 1 aromatic carbocycles. The number of hydrogen-bond donors (Lipinski definition) is 1. The smallest absolute Gasteiger partial charge is 0.119 e. The Morgan fingerprint density at radius 2 is 2.27 bits per heavy atom. The summed E-state index contributed by atoms with van der Waals surface area (Å²) in [7, 11) is 1.64. The topological polar surface area (TPSA) is 29.5 Å². The summed E-state index contributed by atoms with van der Waals surface area (Å²) in [5, 5.41) is 10.4. The van der Waals surface area contributed by atoms with Crippen molar-refractivity contribution in [3.8, 4) is 5.75 Å². The quantitative estimate of drug-likeness (QED) is 0.750. The Kier molecular flexibility index (Phi) is 2.78. The summed E-state index contributed by atoms with van der Waals surface area (Å²) in [5.74, 6) is 0.792. The van der Waals surface area contributed by atoms with Crippen LogP contribution in [0.4, 0.5) is 0 Å². The molecule has 1 aromatic rings. The van der Waals surface area contributed by atoms with Gasteiger partial charge in [-0.05, 0) is 37.0 Å². The van der Waals surface area contributed by atoms with Crippen molar-refractivity contribution in [3.63, 3.8) is 0 Å². The van der Waals surface area contributed by atoms with Crippen molar-refractivity contribution in [3.05, 3.63) is 42.0 Å². The largest absolute Gasteiger partial charge is 0.497 e. The van der Waals surface area contributed by atoms with Crippen LogP contribution in [0.3, 0.4) is 0 Å². The standard InChI is InChI=1S/C13H16O2/c1-15-12-7-5-6-11(10-12)13(14)8-3-2-4-9-13/h3,5-8,10,14H,2,4,9H2,1H3. The lowest BCUT2D eigenvalue weighted by Crippen LogP contribution is -2.24. The normalized spacial score (nSPS) is 25.2. The lowest BCUT2D eigenvalue weighted by Gasteiger charge is -2.28. The van der Waals surface area contributed by atoms with Gasteiger partial charge in [0.05, 0.1) is 7.11 Å². The Labute approximate surface area is 90.2 Å². The Bertz CT molecular complexity index is 371. The van der Waals surface area contributed by atoms with E-state index in [0.29, 0.717) is 0 Å². The molecule has 0 fully saturated rings. The van der Waals surface area contributed by atoms with E-state index in [4.69, 9.17) is 4.74 Å². The highest BCUT2D eigenvalue weighted by Crippen LogP contribution is 2.33. The molecule has 2 nitrogen and oxygen atoms in total. The van der Waals surface area contributed by atoms with Gasteiger partial charge in [-0.15, -0.1) is 0 Å². The van der Waals surface area contributed by atoms with Gasteiger partial charge in [-0.1, -0.05) is 24.3 Å². The van der Waals surface area contributed by atoms with Crippen LogP contribution in [-0.2, 0) is 5.60 Å². The minimum Gasteiger partial charge on any atom is -0.497 e. The summed E-state index contributed by atoms with van der Waals surface area (Å²) in [5.41, 5.74) is 0.116. The van der Waals surface area contributed by atoms with Crippen LogP contribution in [0.2, 0.25) is 0 Å². The molecule has 15 heavy (non-hydrogen) atoms. The van der Waals surface area contributed by atoms with Crippen molar-refractivity contribution < 1.29 is 9.84 Å². The maximum Gasteiger partial charge on any atom is 0.119 e. The Hall–Kier alpha value is -1.28. The van der Waals surface area contributed by atoms with E-state index in [2.05, 4.69) is 0 Å². The van der Waals surface area contributed by atoms with Gasteiger partial charge in [0.25, 0.3) is 0 Å². The van der Waals surface area contributed by atoms with Crippen molar-refractivity contribution in [2.45, 2.75) is 24.9 Å². The van der Waals surface area contributed by atoms with Gasteiger partial charge in [0.2, 0.25) is 0 Å². The van der Waals surface area contributed by atoms with E-state index >= 15 is 0 Å². The molecule has 0 saturated carbocycles. The van der Waals surface area contributed by atoms with Gasteiger partial charge in [0.15, 0.2) is 0 Å². The third-order valence-electron chi connectivity index (χ3n) is 2.89. The summed E-state index contributed by atoms with van der Waals surface area (Å²) in [6.45, 7) is 0. The van der Waals surface area contributed by atoms with Gasteiger partial charge in [0, 0.05) is 0 Å². The Balaban J connectivity index is 2.35. The van der Waals surface area contributed by atoms with Crippen LogP contribution in [0.5, 0.6) is 5.75 Å². The molecule has 1 aliphatic rings. The van der Waals surface area contributed by atoms with Crippen molar-refractivity contribution in [1.29, 1.82) is 0 Å². The Morgan fingerprint density at radius 3 is 2.93 bits per heavy atom. The van der Waals surface area contributed by atoms with E-state index in [1.807, 2.05) is 36.4 Å². The van der Waals surface area contributed by atoms with Crippen molar-refractivity contribution >= 4 is 0 Å². The zero-order chi connectivity index (χ0) is 10.7. The third-order valence-corrected chi connectivity index (χ3v) is 2.89. The predicted octanol–water partition coefficient (Wildman–Crippen LogP) is 2.62. The minimum absolute atomic E-state index is 0.788. The monoisotopic (exact) mass is 204 g/mol. The molecule has 1 aliphatic carbocycles. The number of benzene rings is 1. The number of aliphatic hydroxyl groups is 1. The van der Waals surface area contributed by atoms with Crippen LogP contribution in [0.25, 0.3) is 0 Å². The average Bonchev–Trinajstić information content (AvgIpc) is 2.30. The van der Waals surface area contributed by atoms with Gasteiger partial charge >= 0.3 is 0 Å². The molecule has 0 bridgehead atoms. The zero-order valence-corrected chi connectivity index (χ0v) is 8.94. The molecule has 0 radical (unpaired) electrons. The maximum absolute atomic E-state index is 10.4. The number of hydrogen-bond acceptors (Lipinski definition) is 2. The van der Waals surface area contributed by atoms with E-state index < -0.39 is 5.60 Å². The third kappa shape index (κ3) is 2.05. The van der Waals surface area contributed by atoms with Crippen LogP contribution < -0.4 is 4.74 Å². The molecule has 0 amide bonds. The molecule has 2 rings (SSSR count). The van der Waals surface area contributed by atoms with E-state index in [-0.39, 0.29) is 0 Å². The fraction of sp³-hybridized carbons (Fsp3) is 0.385. The number of ether oxygens (including phenoxy) is 1. The molecule has 0 spiro atoms. The molecule has 0 aliphatic heterocycles. The predicted molar refractivity (Wildman–Crippen MR) is 59.9 cm³/mol. The van der Waals surface area contributed by atoms with E-state index in [9.17, 15) is 5.11 Å². The minimum atomic E-state index is -0.799. The van der Waals surface area contributed by atoms with Crippen molar-refractivity contribution in [2.75, 3.05) is 7.11 Å². The van der Waals surface area contributed by atoms with E-state index in [1.165, 1.54) is 0 Å². The highest BCUT2D eigenvalue weighted by atomic mass is 16.5. The Morgan fingerprint density at radius 1 is 1.40 bits per heavy atom. The average molecular weight is 204 g/mol. The molecule has 0 aromatic heterocycles. The summed E-state index contributed by atoms with van der Waals surface area (Å²) in [6.07, 6.45) is 6.82. The van der Waals surface area contributed by atoms with Crippen molar-refractivity contribution in [1.82, 2.24) is 0 Å². The van der Waals surface area contributed by atoms with Gasteiger partial charge in [-0.3, -0.25) is 0 Å². The molecule has 2 heteroatoms. The first-order valence-corrected chi connectivity index (χ1v) is 5.29. The first-order chi connectivity index (χ1) is 7.24. The molecule has 1 atom stereocenters. The highest BCUT2D eigenvalue weighted by Gasteiger charge is 2.27. The number of allylic oxidation sites excluding steroid dienone is 1. The second kappa shape index (κ2) is 4.07. The SMILES string of the molecule is COc1cccc(C2(O)C=CCCC2)c1. The molecular weight excluding hydrogens is 188 g/mol. The van der Waals surface area contributed by atoms with Gasteiger partial charge in [0.1, 0.15) is 11.4 Å². The van der Waals surface area contributed by atoms with Crippen LogP contribution in [0, 0.1) is 0 Å². The molecule has 0 heterocycles. The summed E-state index contributed by atoms with van der Waals surface area (Å²) in [6, 6.07) is 7.64. The summed E-state index contributed by atoms with van der Waals surface area (Å²) < 4.78 is 5.16. The van der Waals surface area contributed by atoms with E-state index in [1.54, 1.807) is 7.11 Å². The van der Waals surface area contributed by atoms with Crippen LogP contribution in [0.1, 0.15) is 24.8 Å².